The van der Waals surface area contributed by atoms with E-state index < -0.39 is 16.5 Å². The maximum absolute atomic E-state index is 16.2. The van der Waals surface area contributed by atoms with Crippen molar-refractivity contribution in [3.05, 3.63) is 59.3 Å². The van der Waals surface area contributed by atoms with Crippen molar-refractivity contribution in [2.75, 3.05) is 30.3 Å². The van der Waals surface area contributed by atoms with Gasteiger partial charge in [-0.1, -0.05) is 29.5 Å². The molecule has 0 unspecified atom stereocenters. The largest absolute Gasteiger partial charge is 0.375 e. The molecule has 1 aliphatic heterocycles. The number of nitrogens with zero attached hydrogens (tertiary/aromatic N) is 5. The van der Waals surface area contributed by atoms with E-state index in [-0.39, 0.29) is 55.0 Å². The second-order valence-electron chi connectivity index (χ2n) is 8.73. The normalized spacial score (nSPS) is 17.8. The van der Waals surface area contributed by atoms with Crippen LogP contribution in [0.5, 0.6) is 0 Å². The van der Waals surface area contributed by atoms with Crippen LogP contribution < -0.4 is 10.6 Å². The second-order valence-corrected chi connectivity index (χ2v) is 11.1. The van der Waals surface area contributed by atoms with Crippen LogP contribution in [0.25, 0.3) is 32.2 Å². The molecule has 0 radical (unpaired) electrons. The Hall–Kier alpha value is -3.46. The van der Waals surface area contributed by atoms with E-state index in [1.807, 2.05) is 4.90 Å². The number of nitrogen functional groups attached to an aromatic ring is 1. The van der Waals surface area contributed by atoms with Gasteiger partial charge in [-0.3, -0.25) is 9.78 Å². The summed E-state index contributed by atoms with van der Waals surface area (Å²) >= 11 is 12.4. The van der Waals surface area contributed by atoms with Gasteiger partial charge in [0.1, 0.15) is 17.4 Å². The van der Waals surface area contributed by atoms with Gasteiger partial charge >= 0.3 is 0 Å². The number of fused-ring (bicyclic) bond motifs is 2. The number of aromatic nitrogens is 2. The lowest BCUT2D eigenvalue weighted by Crippen LogP contribution is -2.59. The summed E-state index contributed by atoms with van der Waals surface area (Å²) in [7, 11) is 0. The molecule has 3 heterocycles. The minimum Gasteiger partial charge on any atom is -0.375 e. The lowest BCUT2D eigenvalue weighted by Gasteiger charge is -2.47. The van der Waals surface area contributed by atoms with Crippen LogP contribution in [0, 0.1) is 23.0 Å². The summed E-state index contributed by atoms with van der Waals surface area (Å²) in [5.41, 5.74) is 6.86. The lowest BCUT2D eigenvalue weighted by atomic mass is 9.98. The van der Waals surface area contributed by atoms with Crippen LogP contribution in [0.3, 0.4) is 0 Å². The Morgan fingerprint density at radius 3 is 2.81 bits per heavy atom. The first-order chi connectivity index (χ1) is 17.6. The van der Waals surface area contributed by atoms with Crippen molar-refractivity contribution in [2.24, 2.45) is 0 Å². The van der Waals surface area contributed by atoms with Crippen LogP contribution in [-0.2, 0) is 4.79 Å². The molecule has 0 aliphatic carbocycles. The predicted molar refractivity (Wildman–Crippen MR) is 146 cm³/mol. The molecule has 1 aliphatic rings. The number of carbonyl (C=O) groups excluding carboxylic acids is 1. The van der Waals surface area contributed by atoms with Gasteiger partial charge in [-0.2, -0.15) is 5.26 Å². The van der Waals surface area contributed by atoms with Gasteiger partial charge in [0, 0.05) is 35.8 Å². The standard InChI is InChI=1S/C25H19ClF2N6OS2/c1-3-17(35)33-6-7-34(25(2,36)11-33)22-12(9-29)10-31-20-14(22)8-15(26)18(19(20)28)13-4-5-16(27)23-21(13)32-24(30)37-23/h3-5,8,10,36H,1,6-7,11H2,2H3,(H2,30,32)/t25-/m0/s1. The highest BCUT2D eigenvalue weighted by Gasteiger charge is 2.38. The molecule has 0 bridgehead atoms. The highest BCUT2D eigenvalue weighted by Crippen LogP contribution is 2.44. The maximum atomic E-state index is 16.2. The van der Waals surface area contributed by atoms with E-state index in [4.69, 9.17) is 30.0 Å². The summed E-state index contributed by atoms with van der Waals surface area (Å²) in [5, 5.41) is 10.4. The molecule has 1 atom stereocenters. The van der Waals surface area contributed by atoms with E-state index >= 15 is 4.39 Å². The fourth-order valence-electron chi connectivity index (χ4n) is 4.72. The molecule has 5 rings (SSSR count). The van der Waals surface area contributed by atoms with Crippen molar-refractivity contribution in [3.8, 4) is 17.2 Å². The van der Waals surface area contributed by atoms with Crippen molar-refractivity contribution in [1.82, 2.24) is 14.9 Å². The lowest BCUT2D eigenvalue weighted by molar-refractivity contribution is -0.126. The van der Waals surface area contributed by atoms with Gasteiger partial charge < -0.3 is 15.5 Å². The molecule has 1 amide bonds. The van der Waals surface area contributed by atoms with E-state index in [1.165, 1.54) is 30.5 Å². The predicted octanol–water partition coefficient (Wildman–Crippen LogP) is 5.38. The van der Waals surface area contributed by atoms with E-state index in [0.717, 1.165) is 11.3 Å². The number of rotatable bonds is 3. The summed E-state index contributed by atoms with van der Waals surface area (Å²) in [6.07, 6.45) is 2.53. The monoisotopic (exact) mass is 556 g/mol. The van der Waals surface area contributed by atoms with Crippen molar-refractivity contribution >= 4 is 73.4 Å². The highest BCUT2D eigenvalue weighted by molar-refractivity contribution is 7.82. The number of thiazole rings is 1. The maximum Gasteiger partial charge on any atom is 0.246 e. The number of anilines is 2. The number of hydrogen-bond donors (Lipinski definition) is 2. The number of piperazine rings is 1. The van der Waals surface area contributed by atoms with Crippen LogP contribution in [0.2, 0.25) is 5.02 Å². The average Bonchev–Trinajstić information content (AvgIpc) is 3.26. The molecule has 1 saturated heterocycles. The van der Waals surface area contributed by atoms with E-state index in [1.54, 1.807) is 11.8 Å². The number of nitrogens with two attached hydrogens (primary N) is 1. The van der Waals surface area contributed by atoms with Gasteiger partial charge in [-0.25, -0.2) is 13.8 Å². The van der Waals surface area contributed by atoms with Crippen molar-refractivity contribution in [1.29, 1.82) is 5.26 Å². The number of nitriles is 1. The van der Waals surface area contributed by atoms with Gasteiger partial charge in [0.05, 0.1) is 37.9 Å². The zero-order chi connectivity index (χ0) is 26.6. The molecular formula is C25H19ClF2N6OS2. The fraction of sp³-hybridized carbons (Fsp3) is 0.200. The molecule has 4 aromatic rings. The smallest absolute Gasteiger partial charge is 0.246 e. The first-order valence-corrected chi connectivity index (χ1v) is 12.7. The summed E-state index contributed by atoms with van der Waals surface area (Å²) in [4.78, 5) is 23.2. The van der Waals surface area contributed by atoms with E-state index in [9.17, 15) is 14.4 Å². The molecule has 2 aromatic heterocycles. The fourth-order valence-corrected chi connectivity index (χ4v) is 6.15. The molecular weight excluding hydrogens is 538 g/mol. The minimum absolute atomic E-state index is 0.00246. The van der Waals surface area contributed by atoms with Gasteiger partial charge in [-0.15, -0.1) is 12.6 Å². The van der Waals surface area contributed by atoms with Crippen LogP contribution in [-0.4, -0.2) is 45.3 Å². The van der Waals surface area contributed by atoms with E-state index in [0.29, 0.717) is 24.2 Å². The third-order valence-corrected chi connectivity index (χ3v) is 7.92. The number of carbonyl (C=O) groups is 1. The zero-order valence-electron chi connectivity index (χ0n) is 19.4. The summed E-state index contributed by atoms with van der Waals surface area (Å²) in [6, 6.07) is 6.27. The first kappa shape index (κ1) is 25.2. The third-order valence-electron chi connectivity index (χ3n) is 6.35. The van der Waals surface area contributed by atoms with Crippen LogP contribution in [0.4, 0.5) is 19.6 Å². The number of amides is 1. The Kier molecular flexibility index (Phi) is 6.22. The van der Waals surface area contributed by atoms with Crippen LogP contribution in [0.15, 0.2) is 37.1 Å². The summed E-state index contributed by atoms with van der Waals surface area (Å²) in [5.74, 6) is -1.49. The highest BCUT2D eigenvalue weighted by atomic mass is 35.5. The minimum atomic E-state index is -0.903. The Balaban J connectivity index is 1.73. The van der Waals surface area contributed by atoms with Gasteiger partial charge in [0.15, 0.2) is 10.9 Å². The molecule has 37 heavy (non-hydrogen) atoms. The number of pyridine rings is 1. The topological polar surface area (TPSA) is 99.1 Å². The number of hydrogen-bond acceptors (Lipinski definition) is 8. The van der Waals surface area contributed by atoms with E-state index in [2.05, 4.69) is 22.6 Å². The summed E-state index contributed by atoms with van der Waals surface area (Å²) < 4.78 is 30.7. The third kappa shape index (κ3) is 4.05. The van der Waals surface area contributed by atoms with Crippen LogP contribution in [0.1, 0.15) is 12.5 Å². The zero-order valence-corrected chi connectivity index (χ0v) is 21.9. The molecule has 2 aromatic carbocycles. The molecule has 12 heteroatoms. The number of thiol groups is 1. The number of benzene rings is 2. The van der Waals surface area contributed by atoms with Crippen molar-refractivity contribution in [3.63, 3.8) is 0 Å². The Bertz CT molecular complexity index is 1670. The molecule has 0 saturated carbocycles. The van der Waals surface area contributed by atoms with Gasteiger partial charge in [0.2, 0.25) is 5.91 Å². The Labute approximate surface area is 225 Å². The SMILES string of the molecule is C=CC(=O)N1CCN(c2c(C#N)cnc3c(F)c(-c4ccc(F)c5sc(N)nc45)c(Cl)cc23)[C@@](C)(S)C1. The second kappa shape index (κ2) is 9.13. The molecule has 0 spiro atoms. The molecule has 2 N–H and O–H groups in total. The van der Waals surface area contributed by atoms with Crippen molar-refractivity contribution in [2.45, 2.75) is 11.8 Å². The molecule has 7 nitrogen and oxygen atoms in total. The molecule has 1 fully saturated rings. The van der Waals surface area contributed by atoms with Crippen molar-refractivity contribution < 1.29 is 13.6 Å². The quantitative estimate of drug-likeness (QED) is 0.260. The van der Waals surface area contributed by atoms with Gasteiger partial charge in [-0.05, 0) is 31.2 Å². The van der Waals surface area contributed by atoms with Gasteiger partial charge in [0.25, 0.3) is 0 Å². The summed E-state index contributed by atoms with van der Waals surface area (Å²) in [6.45, 7) is 6.26. The average molecular weight is 557 g/mol. The molecule has 188 valence electrons. The first-order valence-electron chi connectivity index (χ1n) is 11.0. The number of halogens is 3. The Morgan fingerprint density at radius 1 is 1.38 bits per heavy atom. The van der Waals surface area contributed by atoms with Crippen LogP contribution >= 0.6 is 35.6 Å². The Morgan fingerprint density at radius 2 is 2.14 bits per heavy atom.